The zero-order chi connectivity index (χ0) is 16.9. The second-order valence-corrected chi connectivity index (χ2v) is 7.52. The molecule has 0 bridgehead atoms. The molecule has 3 atom stereocenters. The van der Waals surface area contributed by atoms with E-state index in [0.29, 0.717) is 12.8 Å². The number of aliphatic hydroxyl groups is 1. The van der Waals surface area contributed by atoms with Gasteiger partial charge in [0, 0.05) is 13.2 Å². The first kappa shape index (κ1) is 17.9. The summed E-state index contributed by atoms with van der Waals surface area (Å²) in [5, 5.41) is 9.43. The van der Waals surface area contributed by atoms with Gasteiger partial charge < -0.3 is 19.3 Å². The van der Waals surface area contributed by atoms with Crippen LogP contribution in [-0.4, -0.2) is 53.0 Å². The van der Waals surface area contributed by atoms with Gasteiger partial charge in [0.1, 0.15) is 6.61 Å². The third kappa shape index (κ3) is 4.78. The number of ether oxygens (including phenoxy) is 1. The third-order valence-corrected chi connectivity index (χ3v) is 5.43. The van der Waals surface area contributed by atoms with E-state index in [0.717, 1.165) is 12.7 Å². The highest BCUT2D eigenvalue weighted by molar-refractivity contribution is 7.52. The Morgan fingerprint density at radius 2 is 1.96 bits per heavy atom. The Balaban J connectivity index is 2.02. The number of amides is 1. The topological polar surface area (TPSA) is 96.3 Å². The summed E-state index contributed by atoms with van der Waals surface area (Å²) in [5.74, 6) is 0. The zero-order valence-corrected chi connectivity index (χ0v) is 13.9. The lowest BCUT2D eigenvalue weighted by Crippen LogP contribution is -2.44. The van der Waals surface area contributed by atoms with Crippen LogP contribution in [0.3, 0.4) is 0 Å². The molecule has 0 spiro atoms. The van der Waals surface area contributed by atoms with E-state index in [2.05, 4.69) is 4.52 Å². The molecule has 0 aliphatic carbocycles. The molecular formula is C15H22NO6P. The van der Waals surface area contributed by atoms with Crippen LogP contribution in [0.4, 0.5) is 4.79 Å². The van der Waals surface area contributed by atoms with E-state index in [1.165, 1.54) is 4.90 Å². The predicted octanol–water partition coefficient (Wildman–Crippen LogP) is 1.98. The van der Waals surface area contributed by atoms with Crippen LogP contribution in [0, 0.1) is 0 Å². The summed E-state index contributed by atoms with van der Waals surface area (Å²) < 4.78 is 21.7. The molecule has 0 radical (unpaired) electrons. The molecule has 1 unspecified atom stereocenters. The number of hydrogen-bond donors (Lipinski definition) is 2. The normalized spacial score (nSPS) is 23.5. The molecule has 2 N–H and O–H groups in total. The van der Waals surface area contributed by atoms with Gasteiger partial charge in [0.05, 0.1) is 18.8 Å². The SMILES string of the molecule is COP(=O)(O)C[C@H]1CC[C@@H](CO)N1C(=O)OCc1ccccc1. The summed E-state index contributed by atoms with van der Waals surface area (Å²) in [6.45, 7) is -0.0955. The van der Waals surface area contributed by atoms with Gasteiger partial charge in [0.15, 0.2) is 0 Å². The molecule has 1 heterocycles. The van der Waals surface area contributed by atoms with Crippen molar-refractivity contribution in [3.8, 4) is 0 Å². The summed E-state index contributed by atoms with van der Waals surface area (Å²) >= 11 is 0. The lowest BCUT2D eigenvalue weighted by molar-refractivity contribution is 0.0673. The van der Waals surface area contributed by atoms with E-state index in [1.807, 2.05) is 30.3 Å². The summed E-state index contributed by atoms with van der Waals surface area (Å²) in [5.41, 5.74) is 0.849. The molecule has 1 aliphatic rings. The highest BCUT2D eigenvalue weighted by atomic mass is 31.2. The van der Waals surface area contributed by atoms with Crippen molar-refractivity contribution in [3.63, 3.8) is 0 Å². The molecule has 128 valence electrons. The van der Waals surface area contributed by atoms with Crippen LogP contribution in [0.2, 0.25) is 0 Å². The first-order valence-electron chi connectivity index (χ1n) is 7.44. The number of carbonyl (C=O) groups excluding carboxylic acids is 1. The average Bonchev–Trinajstić information content (AvgIpc) is 2.95. The quantitative estimate of drug-likeness (QED) is 0.767. The number of likely N-dealkylation sites (tertiary alicyclic amines) is 1. The molecule has 1 saturated heterocycles. The van der Waals surface area contributed by atoms with Crippen LogP contribution in [-0.2, 0) is 20.4 Å². The number of nitrogens with zero attached hydrogens (tertiary/aromatic N) is 1. The van der Waals surface area contributed by atoms with Gasteiger partial charge in [-0.05, 0) is 18.4 Å². The van der Waals surface area contributed by atoms with Gasteiger partial charge in [0.25, 0.3) is 0 Å². The maximum atomic E-state index is 12.4. The highest BCUT2D eigenvalue weighted by Crippen LogP contribution is 2.44. The minimum absolute atomic E-state index is 0.113. The molecule has 1 aliphatic heterocycles. The van der Waals surface area contributed by atoms with Gasteiger partial charge in [-0.1, -0.05) is 30.3 Å². The Labute approximate surface area is 135 Å². The highest BCUT2D eigenvalue weighted by Gasteiger charge is 2.41. The fourth-order valence-corrected chi connectivity index (χ4v) is 3.79. The Kier molecular flexibility index (Phi) is 6.18. The van der Waals surface area contributed by atoms with Crippen molar-refractivity contribution < 1.29 is 28.6 Å². The second-order valence-electron chi connectivity index (χ2n) is 5.52. The van der Waals surface area contributed by atoms with Crippen molar-refractivity contribution >= 4 is 13.7 Å². The fourth-order valence-electron chi connectivity index (χ4n) is 2.75. The molecule has 23 heavy (non-hydrogen) atoms. The van der Waals surface area contributed by atoms with Gasteiger partial charge in [-0.2, -0.15) is 0 Å². The Hall–Kier alpha value is -1.40. The standard InChI is InChI=1S/C15H22NO6P/c1-21-23(19,20)11-14-8-7-13(9-17)16(14)15(18)22-10-12-5-3-2-4-6-12/h2-6,13-14,17H,7-11H2,1H3,(H,19,20)/t13-,14+/m0/s1. The maximum absolute atomic E-state index is 12.4. The molecule has 0 aromatic heterocycles. The monoisotopic (exact) mass is 343 g/mol. The van der Waals surface area contributed by atoms with Crippen LogP contribution >= 0.6 is 7.60 Å². The van der Waals surface area contributed by atoms with E-state index >= 15 is 0 Å². The van der Waals surface area contributed by atoms with E-state index < -0.39 is 25.8 Å². The number of rotatable bonds is 6. The molecule has 1 aromatic rings. The Bertz CT molecular complexity index is 566. The molecule has 1 fully saturated rings. The molecule has 8 heteroatoms. The van der Waals surface area contributed by atoms with E-state index in [9.17, 15) is 19.4 Å². The molecule has 1 aromatic carbocycles. The van der Waals surface area contributed by atoms with Gasteiger partial charge in [-0.15, -0.1) is 0 Å². The minimum atomic E-state index is -3.74. The van der Waals surface area contributed by atoms with Crippen LogP contribution in [0.15, 0.2) is 30.3 Å². The lowest BCUT2D eigenvalue weighted by Gasteiger charge is -2.29. The molecule has 2 rings (SSSR count). The summed E-state index contributed by atoms with van der Waals surface area (Å²) in [7, 11) is -2.58. The smallest absolute Gasteiger partial charge is 0.410 e. The summed E-state index contributed by atoms with van der Waals surface area (Å²) in [6.07, 6.45) is 0.331. The largest absolute Gasteiger partial charge is 0.445 e. The average molecular weight is 343 g/mol. The van der Waals surface area contributed by atoms with E-state index in [-0.39, 0.29) is 19.4 Å². The van der Waals surface area contributed by atoms with Crippen molar-refractivity contribution in [3.05, 3.63) is 35.9 Å². The molecule has 7 nitrogen and oxygen atoms in total. The van der Waals surface area contributed by atoms with Crippen LogP contribution in [0.5, 0.6) is 0 Å². The predicted molar refractivity (Wildman–Crippen MR) is 84.1 cm³/mol. The van der Waals surface area contributed by atoms with E-state index in [4.69, 9.17) is 4.74 Å². The van der Waals surface area contributed by atoms with Gasteiger partial charge in [-0.3, -0.25) is 9.46 Å². The van der Waals surface area contributed by atoms with Crippen LogP contribution in [0.1, 0.15) is 18.4 Å². The first-order valence-corrected chi connectivity index (χ1v) is 9.20. The van der Waals surface area contributed by atoms with E-state index in [1.54, 1.807) is 0 Å². The van der Waals surface area contributed by atoms with Crippen LogP contribution < -0.4 is 0 Å². The number of hydrogen-bond acceptors (Lipinski definition) is 5. The summed E-state index contributed by atoms with van der Waals surface area (Å²) in [6, 6.07) is 8.35. The zero-order valence-electron chi connectivity index (χ0n) is 13.0. The van der Waals surface area contributed by atoms with Crippen molar-refractivity contribution in [2.75, 3.05) is 19.9 Å². The maximum Gasteiger partial charge on any atom is 0.410 e. The van der Waals surface area contributed by atoms with Gasteiger partial charge in [0.2, 0.25) is 0 Å². The number of carbonyl (C=O) groups is 1. The van der Waals surface area contributed by atoms with Crippen molar-refractivity contribution in [1.29, 1.82) is 0 Å². The summed E-state index contributed by atoms with van der Waals surface area (Å²) in [4.78, 5) is 23.4. The lowest BCUT2D eigenvalue weighted by atomic mass is 10.2. The van der Waals surface area contributed by atoms with Gasteiger partial charge >= 0.3 is 13.7 Å². The third-order valence-electron chi connectivity index (χ3n) is 3.97. The van der Waals surface area contributed by atoms with Crippen molar-refractivity contribution in [1.82, 2.24) is 4.90 Å². The molecular weight excluding hydrogens is 321 g/mol. The Morgan fingerprint density at radius 3 is 2.57 bits per heavy atom. The fraction of sp³-hybridized carbons (Fsp3) is 0.533. The Morgan fingerprint density at radius 1 is 1.30 bits per heavy atom. The number of benzene rings is 1. The first-order chi connectivity index (χ1) is 11.0. The second kappa shape index (κ2) is 7.93. The molecule has 1 amide bonds. The molecule has 0 saturated carbocycles. The van der Waals surface area contributed by atoms with Gasteiger partial charge in [-0.25, -0.2) is 4.79 Å². The number of aliphatic hydroxyl groups excluding tert-OH is 1. The minimum Gasteiger partial charge on any atom is -0.445 e. The van der Waals surface area contributed by atoms with Crippen molar-refractivity contribution in [2.24, 2.45) is 0 Å². The van der Waals surface area contributed by atoms with Crippen LogP contribution in [0.25, 0.3) is 0 Å². The van der Waals surface area contributed by atoms with Crippen molar-refractivity contribution in [2.45, 2.75) is 31.5 Å².